The van der Waals surface area contributed by atoms with E-state index in [-0.39, 0.29) is 11.5 Å². The van der Waals surface area contributed by atoms with E-state index in [1.165, 1.54) is 18.2 Å². The van der Waals surface area contributed by atoms with Crippen molar-refractivity contribution in [2.75, 3.05) is 6.61 Å². The zero-order chi connectivity index (χ0) is 23.5. The zero-order valence-corrected chi connectivity index (χ0v) is 19.3. The predicted molar refractivity (Wildman–Crippen MR) is 130 cm³/mol. The Labute approximate surface area is 195 Å². The molecule has 0 saturated heterocycles. The minimum Gasteiger partial charge on any atom is -0.462 e. The van der Waals surface area contributed by atoms with E-state index in [9.17, 15) is 13.2 Å². The van der Waals surface area contributed by atoms with Crippen LogP contribution in [0.2, 0.25) is 0 Å². The molecule has 0 aliphatic carbocycles. The third kappa shape index (κ3) is 6.92. The van der Waals surface area contributed by atoms with Gasteiger partial charge in [0, 0.05) is 13.1 Å². The van der Waals surface area contributed by atoms with Crippen molar-refractivity contribution in [3.63, 3.8) is 0 Å². The normalized spacial score (nSPS) is 12.0. The Morgan fingerprint density at radius 3 is 1.79 bits per heavy atom. The molecule has 3 rings (SSSR count). The molecule has 0 atom stereocenters. The van der Waals surface area contributed by atoms with E-state index in [4.69, 9.17) is 4.74 Å². The molecule has 6 heteroatoms. The molecule has 0 unspecified atom stereocenters. The quantitative estimate of drug-likeness (QED) is 0.238. The molecular weight excluding hydrogens is 434 g/mol. The Kier molecular flexibility index (Phi) is 8.61. The van der Waals surface area contributed by atoms with Gasteiger partial charge in [-0.1, -0.05) is 78.9 Å². The molecule has 0 fully saturated rings. The Morgan fingerprint density at radius 2 is 1.30 bits per heavy atom. The van der Waals surface area contributed by atoms with Crippen molar-refractivity contribution in [1.29, 1.82) is 0 Å². The molecule has 0 aromatic heterocycles. The molecule has 0 aliphatic heterocycles. The summed E-state index contributed by atoms with van der Waals surface area (Å²) in [5.41, 5.74) is 2.23. The van der Waals surface area contributed by atoms with Gasteiger partial charge in [-0.25, -0.2) is 13.2 Å². The van der Waals surface area contributed by atoms with Crippen molar-refractivity contribution in [2.24, 2.45) is 0 Å². The van der Waals surface area contributed by atoms with Crippen LogP contribution in [0.1, 0.15) is 18.1 Å². The highest BCUT2D eigenvalue weighted by molar-refractivity contribution is 7.96. The van der Waals surface area contributed by atoms with E-state index in [1.807, 2.05) is 60.7 Å². The first-order valence-electron chi connectivity index (χ1n) is 10.7. The number of carbonyl (C=O) groups excluding carboxylic acids is 1. The zero-order valence-electron chi connectivity index (χ0n) is 18.5. The summed E-state index contributed by atoms with van der Waals surface area (Å²) < 4.78 is 31.2. The van der Waals surface area contributed by atoms with Crippen molar-refractivity contribution in [3.8, 4) is 0 Å². The predicted octanol–water partition coefficient (Wildman–Crippen LogP) is 5.12. The van der Waals surface area contributed by atoms with Crippen LogP contribution in [0, 0.1) is 0 Å². The van der Waals surface area contributed by atoms with Crippen LogP contribution in [-0.2, 0) is 32.5 Å². The van der Waals surface area contributed by atoms with Crippen LogP contribution >= 0.6 is 0 Å². The summed E-state index contributed by atoms with van der Waals surface area (Å²) in [5.74, 6) is -0.872. The molecule has 0 heterocycles. The second-order valence-electron chi connectivity index (χ2n) is 7.29. The molecule has 0 N–H and O–H groups in total. The number of allylic oxidation sites excluding steroid dienone is 2. The van der Waals surface area contributed by atoms with Crippen molar-refractivity contribution < 1.29 is 17.9 Å². The number of esters is 1. The van der Waals surface area contributed by atoms with Gasteiger partial charge in [-0.15, -0.1) is 0 Å². The molecule has 3 aromatic carbocycles. The topological polar surface area (TPSA) is 63.7 Å². The lowest BCUT2D eigenvalue weighted by atomic mass is 10.2. The van der Waals surface area contributed by atoms with Gasteiger partial charge in [-0.2, -0.15) is 0 Å². The number of benzene rings is 3. The fourth-order valence-corrected chi connectivity index (χ4v) is 4.55. The van der Waals surface area contributed by atoms with Crippen LogP contribution in [-0.4, -0.2) is 25.9 Å². The highest BCUT2D eigenvalue weighted by Gasteiger charge is 2.27. The van der Waals surface area contributed by atoms with Gasteiger partial charge in [-0.3, -0.25) is 0 Å². The summed E-state index contributed by atoms with van der Waals surface area (Å²) in [6, 6.07) is 27.8. The lowest BCUT2D eigenvalue weighted by Gasteiger charge is -2.20. The first kappa shape index (κ1) is 24.0. The standard InChI is InChI=1S/C27H27NO4S/c1-2-32-27(29)26(33(30,31)25-17-10-5-11-18-25)19-12-20-28(21-23-13-6-3-7-14-23)22-24-15-8-4-9-16-24/h3-20H,2,21-22H2,1H3/b20-12+,26-19-. The van der Waals surface area contributed by atoms with Gasteiger partial charge in [0.1, 0.15) is 0 Å². The maximum atomic E-state index is 13.1. The highest BCUT2D eigenvalue weighted by Crippen LogP contribution is 2.21. The third-order valence-electron chi connectivity index (χ3n) is 4.82. The Hall–Kier alpha value is -3.64. The van der Waals surface area contributed by atoms with E-state index in [2.05, 4.69) is 4.90 Å². The molecule has 3 aromatic rings. The van der Waals surface area contributed by atoms with Crippen LogP contribution in [0.4, 0.5) is 0 Å². The number of nitrogens with zero attached hydrogens (tertiary/aromatic N) is 1. The molecule has 0 radical (unpaired) electrons. The highest BCUT2D eigenvalue weighted by atomic mass is 32.2. The number of sulfone groups is 1. The Bertz CT molecular complexity index is 1150. The van der Waals surface area contributed by atoms with E-state index in [0.29, 0.717) is 13.1 Å². The van der Waals surface area contributed by atoms with Gasteiger partial charge in [-0.05, 0) is 48.5 Å². The molecular formula is C27H27NO4S. The Balaban J connectivity index is 1.91. The van der Waals surface area contributed by atoms with Crippen molar-refractivity contribution in [1.82, 2.24) is 4.90 Å². The molecule has 0 bridgehead atoms. The van der Waals surface area contributed by atoms with Gasteiger partial charge in [0.25, 0.3) is 0 Å². The first-order valence-corrected chi connectivity index (χ1v) is 12.2. The van der Waals surface area contributed by atoms with E-state index >= 15 is 0 Å². The fraction of sp³-hybridized carbons (Fsp3) is 0.148. The molecule has 5 nitrogen and oxygen atoms in total. The van der Waals surface area contributed by atoms with E-state index in [1.54, 1.807) is 37.4 Å². The number of hydrogen-bond acceptors (Lipinski definition) is 5. The monoisotopic (exact) mass is 461 g/mol. The van der Waals surface area contributed by atoms with Crippen molar-refractivity contribution in [3.05, 3.63) is 125 Å². The summed E-state index contributed by atoms with van der Waals surface area (Å²) in [6.45, 7) is 2.97. The number of carbonyl (C=O) groups is 1. The van der Waals surface area contributed by atoms with Gasteiger partial charge in [0.05, 0.1) is 11.5 Å². The average molecular weight is 462 g/mol. The summed E-state index contributed by atoms with van der Waals surface area (Å²) in [7, 11) is -4.02. The molecule has 0 aliphatic rings. The van der Waals surface area contributed by atoms with E-state index in [0.717, 1.165) is 11.1 Å². The molecule has 0 saturated carbocycles. The lowest BCUT2D eigenvalue weighted by Crippen LogP contribution is -2.17. The van der Waals surface area contributed by atoms with Crippen LogP contribution in [0.15, 0.2) is 119 Å². The van der Waals surface area contributed by atoms with Crippen LogP contribution < -0.4 is 0 Å². The molecule has 0 amide bonds. The number of rotatable bonds is 10. The molecule has 33 heavy (non-hydrogen) atoms. The van der Waals surface area contributed by atoms with Crippen molar-refractivity contribution in [2.45, 2.75) is 24.9 Å². The largest absolute Gasteiger partial charge is 0.462 e. The van der Waals surface area contributed by atoms with Gasteiger partial charge >= 0.3 is 5.97 Å². The van der Waals surface area contributed by atoms with E-state index < -0.39 is 20.7 Å². The van der Waals surface area contributed by atoms with Crippen LogP contribution in [0.25, 0.3) is 0 Å². The lowest BCUT2D eigenvalue weighted by molar-refractivity contribution is -0.137. The number of ether oxygens (including phenoxy) is 1. The maximum Gasteiger partial charge on any atom is 0.350 e. The minimum atomic E-state index is -4.02. The number of hydrogen-bond donors (Lipinski definition) is 0. The maximum absolute atomic E-state index is 13.1. The second kappa shape index (κ2) is 11.8. The third-order valence-corrected chi connectivity index (χ3v) is 6.60. The molecule has 170 valence electrons. The molecule has 0 spiro atoms. The Morgan fingerprint density at radius 1 is 0.818 bits per heavy atom. The first-order chi connectivity index (χ1) is 16.0. The fourth-order valence-electron chi connectivity index (χ4n) is 3.25. The smallest absolute Gasteiger partial charge is 0.350 e. The van der Waals surface area contributed by atoms with Crippen LogP contribution in [0.5, 0.6) is 0 Å². The van der Waals surface area contributed by atoms with Gasteiger partial charge in [0.15, 0.2) is 4.91 Å². The summed E-state index contributed by atoms with van der Waals surface area (Å²) in [6.07, 6.45) is 4.68. The van der Waals surface area contributed by atoms with Gasteiger partial charge in [0.2, 0.25) is 9.84 Å². The summed E-state index contributed by atoms with van der Waals surface area (Å²) >= 11 is 0. The second-order valence-corrected chi connectivity index (χ2v) is 9.20. The SMILES string of the molecule is CCOC(=O)/C(=C/C=C/N(Cc1ccccc1)Cc1ccccc1)S(=O)(=O)c1ccccc1. The minimum absolute atomic E-state index is 0.0446. The van der Waals surface area contributed by atoms with Crippen LogP contribution in [0.3, 0.4) is 0 Å². The summed E-state index contributed by atoms with van der Waals surface area (Å²) in [4.78, 5) is 14.2. The summed E-state index contributed by atoms with van der Waals surface area (Å²) in [5, 5.41) is 0. The van der Waals surface area contributed by atoms with Crippen molar-refractivity contribution >= 4 is 15.8 Å². The average Bonchev–Trinajstić information content (AvgIpc) is 2.83. The van der Waals surface area contributed by atoms with Gasteiger partial charge < -0.3 is 9.64 Å².